The lowest BCUT2D eigenvalue weighted by Crippen LogP contribution is -2.22. The molecule has 0 aliphatic rings. The SMILES string of the molecule is CCN(CC)CC#CCSc1nc2ccccc2n1CC#CCN(CC)CC. The summed E-state index contributed by atoms with van der Waals surface area (Å²) in [7, 11) is 0. The van der Waals surface area contributed by atoms with Crippen LogP contribution in [0.25, 0.3) is 11.0 Å². The van der Waals surface area contributed by atoms with E-state index in [1.165, 1.54) is 0 Å². The maximum Gasteiger partial charge on any atom is 0.170 e. The van der Waals surface area contributed by atoms with Gasteiger partial charge in [-0.25, -0.2) is 4.98 Å². The van der Waals surface area contributed by atoms with Gasteiger partial charge in [-0.05, 0) is 38.3 Å². The summed E-state index contributed by atoms with van der Waals surface area (Å²) < 4.78 is 2.21. The van der Waals surface area contributed by atoms with Gasteiger partial charge in [0.2, 0.25) is 0 Å². The van der Waals surface area contributed by atoms with Gasteiger partial charge in [0.05, 0.1) is 36.4 Å². The van der Waals surface area contributed by atoms with Crippen LogP contribution in [0.2, 0.25) is 0 Å². The molecule has 0 spiro atoms. The molecular weight excluding hydrogens is 364 g/mol. The number of benzene rings is 1. The highest BCUT2D eigenvalue weighted by Crippen LogP contribution is 2.23. The Morgan fingerprint density at radius 3 is 2.11 bits per heavy atom. The Bertz CT molecular complexity index is 842. The van der Waals surface area contributed by atoms with E-state index in [1.807, 2.05) is 6.07 Å². The average molecular weight is 397 g/mol. The van der Waals surface area contributed by atoms with E-state index in [1.54, 1.807) is 11.8 Å². The summed E-state index contributed by atoms with van der Waals surface area (Å²) in [6.07, 6.45) is 0. The Morgan fingerprint density at radius 2 is 1.46 bits per heavy atom. The number of imidazole rings is 1. The lowest BCUT2D eigenvalue weighted by Gasteiger charge is -2.13. The van der Waals surface area contributed by atoms with Crippen molar-refractivity contribution >= 4 is 22.8 Å². The molecule has 4 nitrogen and oxygen atoms in total. The molecule has 150 valence electrons. The van der Waals surface area contributed by atoms with E-state index in [-0.39, 0.29) is 0 Å². The van der Waals surface area contributed by atoms with E-state index in [4.69, 9.17) is 4.98 Å². The maximum atomic E-state index is 4.79. The minimum Gasteiger partial charge on any atom is -0.307 e. The second kappa shape index (κ2) is 12.5. The van der Waals surface area contributed by atoms with Crippen LogP contribution in [-0.4, -0.2) is 64.4 Å². The molecule has 0 N–H and O–H groups in total. The van der Waals surface area contributed by atoms with E-state index in [2.05, 4.69) is 83.9 Å². The molecule has 0 amide bonds. The van der Waals surface area contributed by atoms with E-state index in [0.29, 0.717) is 6.54 Å². The third-order valence-electron chi connectivity index (χ3n) is 4.77. The highest BCUT2D eigenvalue weighted by atomic mass is 32.2. The molecular formula is C23H32N4S. The van der Waals surface area contributed by atoms with Crippen LogP contribution in [0.4, 0.5) is 0 Å². The van der Waals surface area contributed by atoms with Crippen molar-refractivity contribution < 1.29 is 0 Å². The van der Waals surface area contributed by atoms with Gasteiger partial charge in [-0.2, -0.15) is 0 Å². The van der Waals surface area contributed by atoms with Crippen LogP contribution in [0.5, 0.6) is 0 Å². The Morgan fingerprint density at radius 1 is 0.857 bits per heavy atom. The van der Waals surface area contributed by atoms with E-state index in [0.717, 1.165) is 61.2 Å². The number of hydrogen-bond donors (Lipinski definition) is 0. The van der Waals surface area contributed by atoms with Crippen molar-refractivity contribution in [3.63, 3.8) is 0 Å². The van der Waals surface area contributed by atoms with Crippen molar-refractivity contribution in [1.82, 2.24) is 19.4 Å². The number of rotatable bonds is 9. The molecule has 2 aromatic rings. The predicted molar refractivity (Wildman–Crippen MR) is 122 cm³/mol. The fraction of sp³-hybridized carbons (Fsp3) is 0.522. The van der Waals surface area contributed by atoms with Crippen molar-refractivity contribution in [3.05, 3.63) is 24.3 Å². The van der Waals surface area contributed by atoms with Crippen LogP contribution >= 0.6 is 11.8 Å². The van der Waals surface area contributed by atoms with Gasteiger partial charge in [0.25, 0.3) is 0 Å². The summed E-state index contributed by atoms with van der Waals surface area (Å²) >= 11 is 1.69. The van der Waals surface area contributed by atoms with Gasteiger partial charge in [0, 0.05) is 0 Å². The smallest absolute Gasteiger partial charge is 0.170 e. The van der Waals surface area contributed by atoms with E-state index >= 15 is 0 Å². The molecule has 5 heteroatoms. The molecule has 0 bridgehead atoms. The minimum atomic E-state index is 0.664. The first-order valence-corrected chi connectivity index (χ1v) is 11.2. The second-order valence-corrected chi connectivity index (χ2v) is 7.33. The monoisotopic (exact) mass is 396 g/mol. The van der Waals surface area contributed by atoms with Crippen molar-refractivity contribution in [2.24, 2.45) is 0 Å². The van der Waals surface area contributed by atoms with Crippen molar-refractivity contribution in [3.8, 4) is 23.7 Å². The molecule has 0 fully saturated rings. The first kappa shape index (κ1) is 22.4. The fourth-order valence-electron chi connectivity index (χ4n) is 2.83. The topological polar surface area (TPSA) is 24.3 Å². The molecule has 0 aliphatic heterocycles. The zero-order valence-electron chi connectivity index (χ0n) is 17.7. The Kier molecular flexibility index (Phi) is 10.0. The Labute approximate surface area is 174 Å². The Balaban J connectivity index is 2.06. The summed E-state index contributed by atoms with van der Waals surface area (Å²) in [4.78, 5) is 9.43. The van der Waals surface area contributed by atoms with Crippen LogP contribution in [-0.2, 0) is 6.54 Å². The van der Waals surface area contributed by atoms with E-state index < -0.39 is 0 Å². The van der Waals surface area contributed by atoms with Crippen LogP contribution in [0.15, 0.2) is 29.4 Å². The van der Waals surface area contributed by atoms with Crippen LogP contribution in [0.3, 0.4) is 0 Å². The number of thioether (sulfide) groups is 1. The quantitative estimate of drug-likeness (QED) is 0.475. The number of fused-ring (bicyclic) bond motifs is 1. The van der Waals surface area contributed by atoms with Crippen LogP contribution in [0.1, 0.15) is 27.7 Å². The Hall–Kier alpha value is -1.92. The molecule has 1 aromatic carbocycles. The normalized spacial score (nSPS) is 10.8. The lowest BCUT2D eigenvalue weighted by molar-refractivity contribution is 0.342. The standard InChI is InChI=1S/C23H32N4S/c1-5-25(6-2)17-11-12-19-27-22-16-10-9-15-21(22)24-23(27)28-20-14-13-18-26(7-3)8-4/h9-10,15-16H,5-8,17-20H2,1-4H3. The van der Waals surface area contributed by atoms with Crippen molar-refractivity contribution in [1.29, 1.82) is 0 Å². The third-order valence-corrected chi connectivity index (χ3v) is 5.63. The molecule has 0 unspecified atom stereocenters. The summed E-state index contributed by atoms with van der Waals surface area (Å²) in [6, 6.07) is 8.27. The van der Waals surface area contributed by atoms with Gasteiger partial charge < -0.3 is 4.57 Å². The molecule has 28 heavy (non-hydrogen) atoms. The third kappa shape index (κ3) is 6.60. The van der Waals surface area contributed by atoms with Gasteiger partial charge in [0.1, 0.15) is 0 Å². The summed E-state index contributed by atoms with van der Waals surface area (Å²) in [5, 5.41) is 0.996. The molecule has 0 atom stereocenters. The van der Waals surface area contributed by atoms with Crippen molar-refractivity contribution in [2.75, 3.05) is 45.0 Å². The number of para-hydroxylation sites is 2. The van der Waals surface area contributed by atoms with Gasteiger partial charge in [-0.3, -0.25) is 9.80 Å². The van der Waals surface area contributed by atoms with Crippen LogP contribution < -0.4 is 0 Å². The molecule has 2 rings (SSSR count). The number of hydrogen-bond acceptors (Lipinski definition) is 4. The molecule has 0 radical (unpaired) electrons. The highest BCUT2D eigenvalue weighted by molar-refractivity contribution is 7.99. The average Bonchev–Trinajstić information content (AvgIpc) is 3.08. The molecule has 0 aliphatic carbocycles. The first-order chi connectivity index (χ1) is 13.7. The zero-order chi connectivity index (χ0) is 20.2. The van der Waals surface area contributed by atoms with E-state index in [9.17, 15) is 0 Å². The van der Waals surface area contributed by atoms with Gasteiger partial charge in [0.15, 0.2) is 5.16 Å². The van der Waals surface area contributed by atoms with Gasteiger partial charge >= 0.3 is 0 Å². The van der Waals surface area contributed by atoms with Gasteiger partial charge in [-0.15, -0.1) is 0 Å². The van der Waals surface area contributed by atoms with Crippen molar-refractivity contribution in [2.45, 2.75) is 39.4 Å². The summed E-state index contributed by atoms with van der Waals surface area (Å²) in [5.74, 6) is 13.9. The summed E-state index contributed by atoms with van der Waals surface area (Å²) in [5.41, 5.74) is 2.16. The summed E-state index contributed by atoms with van der Waals surface area (Å²) in [6.45, 7) is 15.2. The second-order valence-electron chi connectivity index (χ2n) is 6.39. The highest BCUT2D eigenvalue weighted by Gasteiger charge is 2.09. The first-order valence-electron chi connectivity index (χ1n) is 10.2. The largest absolute Gasteiger partial charge is 0.307 e. The molecule has 1 aromatic heterocycles. The van der Waals surface area contributed by atoms with Crippen LogP contribution in [0, 0.1) is 23.7 Å². The molecule has 1 heterocycles. The minimum absolute atomic E-state index is 0.664. The predicted octanol–water partition coefficient (Wildman–Crippen LogP) is 3.82. The number of nitrogens with zero attached hydrogens (tertiary/aromatic N) is 4. The molecule has 0 saturated carbocycles. The maximum absolute atomic E-state index is 4.79. The molecule has 0 saturated heterocycles. The fourth-order valence-corrected chi connectivity index (χ4v) is 3.62. The zero-order valence-corrected chi connectivity index (χ0v) is 18.5. The number of aromatic nitrogens is 2. The van der Waals surface area contributed by atoms with Gasteiger partial charge in [-0.1, -0.05) is 75.3 Å². The lowest BCUT2D eigenvalue weighted by atomic mass is 10.3.